The number of carbonyl (C=O) groups excluding carboxylic acids is 2. The van der Waals surface area contributed by atoms with Gasteiger partial charge in [-0.15, -0.1) is 0 Å². The third-order valence-corrected chi connectivity index (χ3v) is 4.32. The van der Waals surface area contributed by atoms with E-state index in [0.717, 1.165) is 19.3 Å². The highest BCUT2D eigenvalue weighted by molar-refractivity contribution is 5.78. The topological polar surface area (TPSA) is 55.8 Å². The van der Waals surface area contributed by atoms with Gasteiger partial charge in [0, 0.05) is 20.2 Å². The normalized spacial score (nSPS) is 18.9. The number of rotatable bonds is 10. The Hall–Kier alpha value is -1.88. The zero-order chi connectivity index (χ0) is 17.4. The van der Waals surface area contributed by atoms with Crippen LogP contribution in [0.4, 0.5) is 0 Å². The highest BCUT2D eigenvalue weighted by atomic mass is 16.5. The molecule has 0 N–H and O–H groups in total. The van der Waals surface area contributed by atoms with E-state index in [-0.39, 0.29) is 30.3 Å². The van der Waals surface area contributed by atoms with E-state index in [1.807, 2.05) is 30.0 Å². The Labute approximate surface area is 143 Å². The van der Waals surface area contributed by atoms with Crippen LogP contribution < -0.4 is 0 Å². The molecular weight excluding hydrogens is 306 g/mol. The third-order valence-electron chi connectivity index (χ3n) is 4.32. The van der Waals surface area contributed by atoms with Crippen molar-refractivity contribution in [3.8, 4) is 0 Å². The number of benzene rings is 1. The van der Waals surface area contributed by atoms with Crippen molar-refractivity contribution in [2.45, 2.75) is 26.2 Å². The number of aryl methyl sites for hydroxylation is 1. The smallest absolute Gasteiger partial charge is 0.309 e. The average Bonchev–Trinajstić information content (AvgIpc) is 3.35. The second-order valence-corrected chi connectivity index (χ2v) is 6.22. The zero-order valence-corrected chi connectivity index (χ0v) is 14.6. The first-order valence-corrected chi connectivity index (χ1v) is 8.63. The minimum absolute atomic E-state index is 0.0138. The maximum absolute atomic E-state index is 12.2. The molecule has 1 aliphatic carbocycles. The van der Waals surface area contributed by atoms with Gasteiger partial charge in [0.1, 0.15) is 6.61 Å². The molecule has 1 fully saturated rings. The monoisotopic (exact) mass is 333 g/mol. The fourth-order valence-electron chi connectivity index (χ4n) is 2.92. The Bertz CT molecular complexity index is 531. The fourth-order valence-corrected chi connectivity index (χ4v) is 2.92. The van der Waals surface area contributed by atoms with E-state index in [9.17, 15) is 9.59 Å². The van der Waals surface area contributed by atoms with Crippen molar-refractivity contribution in [1.82, 2.24) is 4.90 Å². The van der Waals surface area contributed by atoms with Crippen molar-refractivity contribution in [3.05, 3.63) is 35.9 Å². The lowest BCUT2D eigenvalue weighted by Gasteiger charge is -2.22. The van der Waals surface area contributed by atoms with Gasteiger partial charge in [0.2, 0.25) is 5.91 Å². The first-order valence-electron chi connectivity index (χ1n) is 8.63. The molecule has 0 spiro atoms. The maximum Gasteiger partial charge on any atom is 0.309 e. The van der Waals surface area contributed by atoms with E-state index in [1.54, 1.807) is 0 Å². The minimum atomic E-state index is -0.133. The summed E-state index contributed by atoms with van der Waals surface area (Å²) in [5, 5.41) is 0. The SMILES string of the molecule is CCOC(=O)[C@H]1C[C@@H]1CN(CCCc1ccccc1)C(=O)COC. The summed E-state index contributed by atoms with van der Waals surface area (Å²) in [6.07, 6.45) is 2.65. The summed E-state index contributed by atoms with van der Waals surface area (Å²) in [6.45, 7) is 3.60. The molecular formula is C19H27NO4. The lowest BCUT2D eigenvalue weighted by atomic mass is 10.1. The van der Waals surface area contributed by atoms with Crippen LogP contribution >= 0.6 is 0 Å². The maximum atomic E-state index is 12.2. The van der Waals surface area contributed by atoms with Crippen LogP contribution in [0.25, 0.3) is 0 Å². The van der Waals surface area contributed by atoms with Gasteiger partial charge in [-0.05, 0) is 37.7 Å². The van der Waals surface area contributed by atoms with Gasteiger partial charge in [0.25, 0.3) is 0 Å². The number of methoxy groups -OCH3 is 1. The molecule has 0 aromatic heterocycles. The molecule has 24 heavy (non-hydrogen) atoms. The number of hydrogen-bond acceptors (Lipinski definition) is 4. The van der Waals surface area contributed by atoms with E-state index >= 15 is 0 Å². The first kappa shape index (κ1) is 18.5. The Morgan fingerprint density at radius 3 is 2.67 bits per heavy atom. The van der Waals surface area contributed by atoms with Gasteiger partial charge in [-0.1, -0.05) is 30.3 Å². The summed E-state index contributed by atoms with van der Waals surface area (Å²) < 4.78 is 10.0. The molecule has 1 saturated carbocycles. The van der Waals surface area contributed by atoms with Crippen LogP contribution in [0.5, 0.6) is 0 Å². The summed E-state index contributed by atoms with van der Waals surface area (Å²) >= 11 is 0. The highest BCUT2D eigenvalue weighted by Gasteiger charge is 2.45. The quantitative estimate of drug-likeness (QED) is 0.617. The van der Waals surface area contributed by atoms with E-state index in [0.29, 0.717) is 19.7 Å². The van der Waals surface area contributed by atoms with Crippen LogP contribution in [-0.2, 0) is 25.5 Å². The van der Waals surface area contributed by atoms with Crippen LogP contribution in [0.1, 0.15) is 25.3 Å². The Kier molecular flexibility index (Phi) is 7.25. The second-order valence-electron chi connectivity index (χ2n) is 6.22. The summed E-state index contributed by atoms with van der Waals surface area (Å²) in [6, 6.07) is 10.2. The van der Waals surface area contributed by atoms with Gasteiger partial charge in [-0.2, -0.15) is 0 Å². The van der Waals surface area contributed by atoms with Crippen LogP contribution in [0.2, 0.25) is 0 Å². The van der Waals surface area contributed by atoms with E-state index in [4.69, 9.17) is 9.47 Å². The molecule has 1 aliphatic rings. The number of hydrogen-bond donors (Lipinski definition) is 0. The Morgan fingerprint density at radius 2 is 2.00 bits per heavy atom. The van der Waals surface area contributed by atoms with E-state index < -0.39 is 0 Å². The van der Waals surface area contributed by atoms with Crippen molar-refractivity contribution in [2.75, 3.05) is 33.4 Å². The van der Waals surface area contributed by atoms with Gasteiger partial charge < -0.3 is 14.4 Å². The van der Waals surface area contributed by atoms with Gasteiger partial charge in [0.15, 0.2) is 0 Å². The molecule has 1 aromatic rings. The van der Waals surface area contributed by atoms with Crippen LogP contribution in [0.15, 0.2) is 30.3 Å². The summed E-state index contributed by atoms with van der Waals surface area (Å²) in [5.41, 5.74) is 1.27. The molecule has 5 heteroatoms. The molecule has 0 aliphatic heterocycles. The molecule has 0 heterocycles. The number of nitrogens with zero attached hydrogens (tertiary/aromatic N) is 1. The molecule has 0 radical (unpaired) electrons. The van der Waals surface area contributed by atoms with Crippen molar-refractivity contribution < 1.29 is 19.1 Å². The Morgan fingerprint density at radius 1 is 1.25 bits per heavy atom. The predicted molar refractivity (Wildman–Crippen MR) is 91.4 cm³/mol. The summed E-state index contributed by atoms with van der Waals surface area (Å²) in [5.74, 6) is 0.0319. The van der Waals surface area contributed by atoms with Crippen LogP contribution in [-0.4, -0.2) is 50.2 Å². The van der Waals surface area contributed by atoms with Crippen LogP contribution in [0, 0.1) is 11.8 Å². The van der Waals surface area contributed by atoms with Crippen molar-refractivity contribution >= 4 is 11.9 Å². The number of esters is 1. The van der Waals surface area contributed by atoms with Crippen molar-refractivity contribution in [1.29, 1.82) is 0 Å². The first-order chi connectivity index (χ1) is 11.7. The van der Waals surface area contributed by atoms with Crippen LogP contribution in [0.3, 0.4) is 0 Å². The summed E-state index contributed by atoms with van der Waals surface area (Å²) in [7, 11) is 1.53. The van der Waals surface area contributed by atoms with E-state index in [2.05, 4.69) is 12.1 Å². The zero-order valence-electron chi connectivity index (χ0n) is 14.6. The third kappa shape index (κ3) is 5.64. The largest absolute Gasteiger partial charge is 0.466 e. The number of carbonyl (C=O) groups is 2. The standard InChI is InChI=1S/C19H27NO4/c1-3-24-19(22)17-12-16(17)13-20(18(21)14-23-2)11-7-10-15-8-5-4-6-9-15/h4-6,8-9,16-17H,3,7,10-14H2,1-2H3/t16-,17+/m1/s1. The Balaban J connectivity index is 1.82. The minimum Gasteiger partial charge on any atom is -0.466 e. The summed E-state index contributed by atoms with van der Waals surface area (Å²) in [4.78, 5) is 25.8. The number of amides is 1. The van der Waals surface area contributed by atoms with Gasteiger partial charge in [-0.3, -0.25) is 9.59 Å². The molecule has 1 aromatic carbocycles. The molecule has 1 amide bonds. The van der Waals surface area contributed by atoms with E-state index in [1.165, 1.54) is 12.7 Å². The van der Waals surface area contributed by atoms with Gasteiger partial charge in [0.05, 0.1) is 12.5 Å². The lowest BCUT2D eigenvalue weighted by molar-refractivity contribution is -0.145. The van der Waals surface area contributed by atoms with Crippen molar-refractivity contribution in [3.63, 3.8) is 0 Å². The molecule has 0 bridgehead atoms. The van der Waals surface area contributed by atoms with Gasteiger partial charge in [-0.25, -0.2) is 0 Å². The molecule has 0 saturated heterocycles. The second kappa shape index (κ2) is 9.42. The highest BCUT2D eigenvalue weighted by Crippen LogP contribution is 2.40. The molecule has 5 nitrogen and oxygen atoms in total. The molecule has 2 atom stereocenters. The van der Waals surface area contributed by atoms with Gasteiger partial charge >= 0.3 is 5.97 Å². The molecule has 132 valence electrons. The fraction of sp³-hybridized carbons (Fsp3) is 0.579. The lowest BCUT2D eigenvalue weighted by Crippen LogP contribution is -2.37. The molecule has 2 rings (SSSR count). The predicted octanol–water partition coefficient (Wildman–Crippen LogP) is 2.29. The number of ether oxygens (including phenoxy) is 2. The van der Waals surface area contributed by atoms with Crippen molar-refractivity contribution in [2.24, 2.45) is 11.8 Å². The average molecular weight is 333 g/mol. The molecule has 0 unspecified atom stereocenters.